The van der Waals surface area contributed by atoms with E-state index in [1.165, 1.54) is 6.07 Å². The second-order valence-corrected chi connectivity index (χ2v) is 8.57. The normalized spacial score (nSPS) is 12.0. The van der Waals surface area contributed by atoms with Crippen molar-refractivity contribution in [2.75, 3.05) is 5.32 Å². The van der Waals surface area contributed by atoms with Crippen molar-refractivity contribution in [3.63, 3.8) is 0 Å². The van der Waals surface area contributed by atoms with Gasteiger partial charge in [-0.15, -0.1) is 0 Å². The Morgan fingerprint density at radius 1 is 1.06 bits per heavy atom. The number of hydrogen-bond donors (Lipinski definition) is 1. The van der Waals surface area contributed by atoms with Gasteiger partial charge >= 0.3 is 0 Å². The summed E-state index contributed by atoms with van der Waals surface area (Å²) in [6.07, 6.45) is 0. The molecule has 0 bridgehead atoms. The summed E-state index contributed by atoms with van der Waals surface area (Å²) in [6, 6.07) is 17.0. The van der Waals surface area contributed by atoms with E-state index in [9.17, 15) is 18.4 Å². The number of hydrogen-bond acceptors (Lipinski definition) is 4. The smallest absolute Gasteiger partial charge is 0.266 e. The molecular weight excluding hydrogens is 432 g/mol. The minimum Gasteiger partial charge on any atom is -0.325 e. The lowest BCUT2D eigenvalue weighted by atomic mass is 10.2. The molecule has 0 unspecified atom stereocenters. The van der Waals surface area contributed by atoms with Crippen molar-refractivity contribution in [1.82, 2.24) is 9.55 Å². The number of anilines is 1. The fourth-order valence-corrected chi connectivity index (χ4v) is 4.08. The number of halogens is 2. The third-order valence-corrected chi connectivity index (χ3v) is 5.92. The molecule has 0 aliphatic heterocycles. The number of fused-ring (bicyclic) bond motifs is 1. The lowest BCUT2D eigenvalue weighted by molar-refractivity contribution is -0.115. The quantitative estimate of drug-likeness (QED) is 0.339. The van der Waals surface area contributed by atoms with E-state index in [2.05, 4.69) is 10.3 Å². The van der Waals surface area contributed by atoms with Crippen LogP contribution in [0, 0.1) is 18.6 Å². The van der Waals surface area contributed by atoms with Crippen LogP contribution >= 0.6 is 11.8 Å². The maximum absolute atomic E-state index is 14.6. The van der Waals surface area contributed by atoms with Crippen molar-refractivity contribution < 1.29 is 13.6 Å². The minimum atomic E-state index is -0.900. The van der Waals surface area contributed by atoms with E-state index in [-0.39, 0.29) is 22.1 Å². The lowest BCUT2D eigenvalue weighted by Gasteiger charge is -2.17. The van der Waals surface area contributed by atoms with Crippen LogP contribution < -0.4 is 10.9 Å². The van der Waals surface area contributed by atoms with Gasteiger partial charge in [-0.3, -0.25) is 14.2 Å². The second kappa shape index (κ2) is 8.92. The predicted octanol–water partition coefficient (Wildman–Crippen LogP) is 5.09. The van der Waals surface area contributed by atoms with Crippen LogP contribution in [0.1, 0.15) is 12.5 Å². The molecule has 162 valence electrons. The average Bonchev–Trinajstić information content (AvgIpc) is 2.76. The molecule has 32 heavy (non-hydrogen) atoms. The van der Waals surface area contributed by atoms with Crippen LogP contribution in [0.4, 0.5) is 14.5 Å². The summed E-state index contributed by atoms with van der Waals surface area (Å²) in [6.45, 7) is 3.62. The molecule has 0 spiro atoms. The van der Waals surface area contributed by atoms with E-state index < -0.39 is 22.4 Å². The van der Waals surface area contributed by atoms with Crippen molar-refractivity contribution in [3.8, 4) is 5.69 Å². The van der Waals surface area contributed by atoms with E-state index in [4.69, 9.17) is 0 Å². The molecule has 0 aliphatic rings. The standard InChI is InChI=1S/C24H19F2N3O2S/c1-14-7-10-17(11-8-14)27-22(30)15(2)32-24-28-20-6-4-3-5-18(20)23(31)29(24)21-12-9-16(25)13-19(21)26/h3-13,15H,1-2H3,(H,27,30)/t15-/m1/s1. The highest BCUT2D eigenvalue weighted by Crippen LogP contribution is 2.27. The SMILES string of the molecule is Cc1ccc(NC(=O)[C@@H](C)Sc2nc3ccccc3c(=O)n2-c2ccc(F)cc2F)cc1. The van der Waals surface area contributed by atoms with E-state index >= 15 is 0 Å². The highest BCUT2D eigenvalue weighted by Gasteiger charge is 2.22. The van der Waals surface area contributed by atoms with Crippen LogP contribution in [0.25, 0.3) is 16.6 Å². The number of aromatic nitrogens is 2. The Balaban J connectivity index is 1.74. The van der Waals surface area contributed by atoms with Gasteiger partial charge in [0.15, 0.2) is 5.16 Å². The van der Waals surface area contributed by atoms with E-state index in [1.54, 1.807) is 43.3 Å². The summed E-state index contributed by atoms with van der Waals surface area (Å²) in [4.78, 5) is 30.5. The van der Waals surface area contributed by atoms with Crippen molar-refractivity contribution in [2.24, 2.45) is 0 Å². The third kappa shape index (κ3) is 4.40. The second-order valence-electron chi connectivity index (χ2n) is 7.26. The van der Waals surface area contributed by atoms with Crippen molar-refractivity contribution in [2.45, 2.75) is 24.3 Å². The molecule has 5 nitrogen and oxygen atoms in total. The first-order valence-corrected chi connectivity index (χ1v) is 10.7. The fourth-order valence-electron chi connectivity index (χ4n) is 3.16. The molecule has 1 heterocycles. The van der Waals surface area contributed by atoms with Crippen LogP contribution in [0.3, 0.4) is 0 Å². The van der Waals surface area contributed by atoms with Crippen molar-refractivity contribution in [3.05, 3.63) is 94.3 Å². The number of carbonyl (C=O) groups excluding carboxylic acids is 1. The summed E-state index contributed by atoms with van der Waals surface area (Å²) in [5.74, 6) is -1.96. The Kier molecular flexibility index (Phi) is 6.05. The third-order valence-electron chi connectivity index (χ3n) is 4.87. The minimum absolute atomic E-state index is 0.130. The summed E-state index contributed by atoms with van der Waals surface area (Å²) in [5, 5.41) is 2.59. The van der Waals surface area contributed by atoms with Crippen LogP contribution in [0.15, 0.2) is 76.7 Å². The van der Waals surface area contributed by atoms with Gasteiger partial charge < -0.3 is 5.32 Å². The van der Waals surface area contributed by atoms with Gasteiger partial charge in [0, 0.05) is 11.8 Å². The molecular formula is C24H19F2N3O2S. The Hall–Kier alpha value is -3.52. The van der Waals surface area contributed by atoms with E-state index in [0.29, 0.717) is 17.3 Å². The molecule has 0 saturated carbocycles. The predicted molar refractivity (Wildman–Crippen MR) is 122 cm³/mol. The topological polar surface area (TPSA) is 64.0 Å². The Morgan fingerprint density at radius 3 is 2.50 bits per heavy atom. The zero-order valence-electron chi connectivity index (χ0n) is 17.3. The highest BCUT2D eigenvalue weighted by atomic mass is 32.2. The highest BCUT2D eigenvalue weighted by molar-refractivity contribution is 8.00. The van der Waals surface area contributed by atoms with Gasteiger partial charge in [0.1, 0.15) is 11.6 Å². The molecule has 3 aromatic carbocycles. The molecule has 1 aromatic heterocycles. The van der Waals surface area contributed by atoms with Gasteiger partial charge in [-0.25, -0.2) is 13.8 Å². The fraction of sp³-hybridized carbons (Fsp3) is 0.125. The van der Waals surface area contributed by atoms with Gasteiger partial charge in [-0.2, -0.15) is 0 Å². The van der Waals surface area contributed by atoms with Gasteiger partial charge in [-0.05, 0) is 50.2 Å². The number of rotatable bonds is 5. The Labute approximate surface area is 187 Å². The van der Waals surface area contributed by atoms with Crippen LogP contribution in [0.5, 0.6) is 0 Å². The first kappa shape index (κ1) is 21.7. The molecule has 1 amide bonds. The van der Waals surface area contributed by atoms with Gasteiger partial charge in [-0.1, -0.05) is 41.6 Å². The summed E-state index contributed by atoms with van der Waals surface area (Å²) in [7, 11) is 0. The molecule has 8 heteroatoms. The number of nitrogens with zero attached hydrogens (tertiary/aromatic N) is 2. The maximum Gasteiger partial charge on any atom is 0.266 e. The molecule has 0 fully saturated rings. The number of carbonyl (C=O) groups is 1. The molecule has 0 radical (unpaired) electrons. The number of aryl methyl sites for hydroxylation is 1. The zero-order valence-corrected chi connectivity index (χ0v) is 18.1. The summed E-state index contributed by atoms with van der Waals surface area (Å²) < 4.78 is 29.1. The summed E-state index contributed by atoms with van der Waals surface area (Å²) in [5.41, 5.74) is 1.49. The molecule has 1 atom stereocenters. The van der Waals surface area contributed by atoms with E-state index in [0.717, 1.165) is 28.0 Å². The summed E-state index contributed by atoms with van der Waals surface area (Å²) >= 11 is 1.02. The average molecular weight is 451 g/mol. The van der Waals surface area contributed by atoms with Gasteiger partial charge in [0.2, 0.25) is 5.91 Å². The first-order valence-electron chi connectivity index (χ1n) is 9.85. The lowest BCUT2D eigenvalue weighted by Crippen LogP contribution is -2.26. The van der Waals surface area contributed by atoms with Crippen molar-refractivity contribution >= 4 is 34.3 Å². The molecule has 4 rings (SSSR count). The maximum atomic E-state index is 14.6. The number of amides is 1. The Morgan fingerprint density at radius 2 is 1.78 bits per heavy atom. The molecule has 0 saturated heterocycles. The number of thioether (sulfide) groups is 1. The van der Waals surface area contributed by atoms with Gasteiger partial charge in [0.05, 0.1) is 21.8 Å². The largest absolute Gasteiger partial charge is 0.325 e. The van der Waals surface area contributed by atoms with Crippen LogP contribution in [0.2, 0.25) is 0 Å². The van der Waals surface area contributed by atoms with Crippen LogP contribution in [-0.4, -0.2) is 20.7 Å². The van der Waals surface area contributed by atoms with Crippen molar-refractivity contribution in [1.29, 1.82) is 0 Å². The number of nitrogens with one attached hydrogen (secondary N) is 1. The first-order chi connectivity index (χ1) is 15.3. The molecule has 0 aliphatic carbocycles. The van der Waals surface area contributed by atoms with E-state index in [1.807, 2.05) is 19.1 Å². The molecule has 4 aromatic rings. The number of para-hydroxylation sites is 1. The van der Waals surface area contributed by atoms with Crippen LogP contribution in [-0.2, 0) is 4.79 Å². The van der Waals surface area contributed by atoms with Gasteiger partial charge in [0.25, 0.3) is 5.56 Å². The molecule has 1 N–H and O–H groups in total. The Bertz CT molecular complexity index is 1370. The zero-order chi connectivity index (χ0) is 22.8. The monoisotopic (exact) mass is 451 g/mol. The number of benzene rings is 3.